The van der Waals surface area contributed by atoms with E-state index in [2.05, 4.69) is 32.9 Å². The normalized spacial score (nSPS) is 10.7. The lowest BCUT2D eigenvalue weighted by atomic mass is 10.1. The first-order valence-corrected chi connectivity index (χ1v) is 8.87. The monoisotopic (exact) mass is 341 g/mol. The highest BCUT2D eigenvalue weighted by atomic mass is 32.1. The highest BCUT2D eigenvalue weighted by Crippen LogP contribution is 2.25. The van der Waals surface area contributed by atoms with Crippen molar-refractivity contribution in [3.8, 4) is 11.4 Å². The van der Waals surface area contributed by atoms with E-state index in [-0.39, 0.29) is 5.91 Å². The SMILES string of the molecule is CCCCC(=O)N(Cc1ccsc1)c1cccc(-c2nn[nH]n2)c1. The van der Waals surface area contributed by atoms with Gasteiger partial charge in [0, 0.05) is 17.7 Å². The van der Waals surface area contributed by atoms with E-state index in [0.29, 0.717) is 18.8 Å². The fraction of sp³-hybridized carbons (Fsp3) is 0.294. The Bertz CT molecular complexity index is 770. The molecule has 24 heavy (non-hydrogen) atoms. The Labute approximate surface area is 144 Å². The largest absolute Gasteiger partial charge is 0.308 e. The number of hydrogen-bond donors (Lipinski definition) is 1. The molecule has 1 N–H and O–H groups in total. The van der Waals surface area contributed by atoms with Crippen molar-refractivity contribution in [1.82, 2.24) is 20.6 Å². The second-order valence-electron chi connectivity index (χ2n) is 5.50. The lowest BCUT2D eigenvalue weighted by Gasteiger charge is -2.23. The van der Waals surface area contributed by atoms with Crippen LogP contribution >= 0.6 is 11.3 Å². The molecule has 124 valence electrons. The fourth-order valence-electron chi connectivity index (χ4n) is 2.45. The van der Waals surface area contributed by atoms with Crippen LogP contribution in [0.4, 0.5) is 5.69 Å². The minimum Gasteiger partial charge on any atom is -0.308 e. The maximum Gasteiger partial charge on any atom is 0.227 e. The third-order valence-corrected chi connectivity index (χ3v) is 4.46. The van der Waals surface area contributed by atoms with E-state index in [1.165, 1.54) is 0 Å². The molecule has 0 aliphatic carbocycles. The summed E-state index contributed by atoms with van der Waals surface area (Å²) in [6.45, 7) is 2.66. The molecule has 0 spiro atoms. The van der Waals surface area contributed by atoms with Crippen LogP contribution in [0, 0.1) is 0 Å². The molecule has 2 aromatic heterocycles. The molecule has 0 atom stereocenters. The van der Waals surface area contributed by atoms with E-state index in [4.69, 9.17) is 0 Å². The fourth-order valence-corrected chi connectivity index (χ4v) is 3.11. The molecule has 0 radical (unpaired) electrons. The maximum atomic E-state index is 12.7. The number of aromatic amines is 1. The summed E-state index contributed by atoms with van der Waals surface area (Å²) in [5.74, 6) is 0.654. The predicted octanol–water partition coefficient (Wildman–Crippen LogP) is 3.65. The highest BCUT2D eigenvalue weighted by Gasteiger charge is 2.17. The van der Waals surface area contributed by atoms with Crippen LogP contribution in [0.15, 0.2) is 41.1 Å². The Morgan fingerprint density at radius 2 is 2.25 bits per heavy atom. The number of anilines is 1. The molecule has 3 aromatic rings. The van der Waals surface area contributed by atoms with Gasteiger partial charge in [0.1, 0.15) is 0 Å². The summed E-state index contributed by atoms with van der Waals surface area (Å²) in [5.41, 5.74) is 2.82. The summed E-state index contributed by atoms with van der Waals surface area (Å²) in [5, 5.41) is 18.2. The number of thiophene rings is 1. The van der Waals surface area contributed by atoms with Gasteiger partial charge in [0.05, 0.1) is 6.54 Å². The van der Waals surface area contributed by atoms with Crippen LogP contribution in [0.2, 0.25) is 0 Å². The van der Waals surface area contributed by atoms with Crippen molar-refractivity contribution in [2.24, 2.45) is 0 Å². The number of rotatable bonds is 7. The van der Waals surface area contributed by atoms with Gasteiger partial charge >= 0.3 is 0 Å². The van der Waals surface area contributed by atoms with Gasteiger partial charge in [-0.3, -0.25) is 4.79 Å². The Hall–Kier alpha value is -2.54. The Morgan fingerprint density at radius 1 is 1.33 bits per heavy atom. The van der Waals surface area contributed by atoms with Gasteiger partial charge in [-0.15, -0.1) is 10.2 Å². The number of H-pyrrole nitrogens is 1. The van der Waals surface area contributed by atoms with E-state index >= 15 is 0 Å². The Balaban J connectivity index is 1.89. The molecule has 1 amide bonds. The second kappa shape index (κ2) is 7.83. The van der Waals surface area contributed by atoms with Crippen LogP contribution in [0.25, 0.3) is 11.4 Å². The van der Waals surface area contributed by atoms with Crippen molar-refractivity contribution >= 4 is 22.9 Å². The maximum absolute atomic E-state index is 12.7. The first-order valence-electron chi connectivity index (χ1n) is 7.93. The number of nitrogens with zero attached hydrogens (tertiary/aromatic N) is 4. The first kappa shape index (κ1) is 16.3. The number of benzene rings is 1. The van der Waals surface area contributed by atoms with Crippen LogP contribution in [0.5, 0.6) is 0 Å². The molecule has 0 bridgehead atoms. The quantitative estimate of drug-likeness (QED) is 0.712. The van der Waals surface area contributed by atoms with Crippen LogP contribution in [0.1, 0.15) is 31.7 Å². The van der Waals surface area contributed by atoms with Crippen molar-refractivity contribution in [2.75, 3.05) is 4.90 Å². The molecule has 0 saturated heterocycles. The zero-order valence-electron chi connectivity index (χ0n) is 13.5. The van der Waals surface area contributed by atoms with Gasteiger partial charge in [-0.05, 0) is 46.2 Å². The number of carbonyl (C=O) groups excluding carboxylic acids is 1. The smallest absolute Gasteiger partial charge is 0.227 e. The van der Waals surface area contributed by atoms with E-state index in [1.54, 1.807) is 11.3 Å². The number of carbonyl (C=O) groups is 1. The van der Waals surface area contributed by atoms with Gasteiger partial charge in [-0.25, -0.2) is 0 Å². The molecule has 0 fully saturated rings. The van der Waals surface area contributed by atoms with Crippen LogP contribution in [0.3, 0.4) is 0 Å². The molecule has 0 unspecified atom stereocenters. The molecule has 6 nitrogen and oxygen atoms in total. The summed E-state index contributed by atoms with van der Waals surface area (Å²) < 4.78 is 0. The number of unbranched alkanes of at least 4 members (excludes halogenated alkanes) is 1. The van der Waals surface area contributed by atoms with Gasteiger partial charge in [-0.2, -0.15) is 16.6 Å². The molecular formula is C17H19N5OS. The first-order chi connectivity index (χ1) is 11.8. The van der Waals surface area contributed by atoms with Crippen molar-refractivity contribution < 1.29 is 4.79 Å². The zero-order valence-corrected chi connectivity index (χ0v) is 14.3. The Morgan fingerprint density at radius 3 is 2.96 bits per heavy atom. The molecule has 2 heterocycles. The number of hydrogen-bond acceptors (Lipinski definition) is 5. The van der Waals surface area contributed by atoms with Gasteiger partial charge < -0.3 is 4.90 Å². The van der Waals surface area contributed by atoms with Crippen molar-refractivity contribution in [2.45, 2.75) is 32.7 Å². The van der Waals surface area contributed by atoms with Gasteiger partial charge in [0.2, 0.25) is 11.7 Å². The highest BCUT2D eigenvalue weighted by molar-refractivity contribution is 7.07. The van der Waals surface area contributed by atoms with E-state index in [1.807, 2.05) is 40.6 Å². The van der Waals surface area contributed by atoms with Crippen LogP contribution in [-0.2, 0) is 11.3 Å². The molecule has 0 aliphatic rings. The minimum atomic E-state index is 0.133. The van der Waals surface area contributed by atoms with Gasteiger partial charge in [0.25, 0.3) is 0 Å². The predicted molar refractivity (Wildman–Crippen MR) is 94.6 cm³/mol. The minimum absolute atomic E-state index is 0.133. The summed E-state index contributed by atoms with van der Waals surface area (Å²) in [6, 6.07) is 9.75. The van der Waals surface area contributed by atoms with E-state index in [9.17, 15) is 4.79 Å². The summed E-state index contributed by atoms with van der Waals surface area (Å²) in [6.07, 6.45) is 2.44. The summed E-state index contributed by atoms with van der Waals surface area (Å²) in [7, 11) is 0. The molecule has 0 saturated carbocycles. The Kier molecular flexibility index (Phi) is 5.32. The summed E-state index contributed by atoms with van der Waals surface area (Å²) in [4.78, 5) is 14.5. The van der Waals surface area contributed by atoms with Gasteiger partial charge in [0.15, 0.2) is 0 Å². The van der Waals surface area contributed by atoms with Crippen molar-refractivity contribution in [1.29, 1.82) is 0 Å². The molecule has 7 heteroatoms. The zero-order chi connectivity index (χ0) is 16.8. The van der Waals surface area contributed by atoms with E-state index in [0.717, 1.165) is 29.7 Å². The third-order valence-electron chi connectivity index (χ3n) is 3.73. The number of amides is 1. The lowest BCUT2D eigenvalue weighted by Crippen LogP contribution is -2.30. The summed E-state index contributed by atoms with van der Waals surface area (Å²) >= 11 is 1.64. The number of tetrazole rings is 1. The van der Waals surface area contributed by atoms with Crippen molar-refractivity contribution in [3.63, 3.8) is 0 Å². The van der Waals surface area contributed by atoms with Crippen LogP contribution < -0.4 is 4.90 Å². The molecule has 1 aromatic carbocycles. The molecular weight excluding hydrogens is 322 g/mol. The average molecular weight is 341 g/mol. The topological polar surface area (TPSA) is 74.8 Å². The standard InChI is InChI=1S/C17H19N5OS/c1-2-3-7-16(23)22(11-13-8-9-24-12-13)15-6-4-5-14(10-15)17-18-20-21-19-17/h4-6,8-10,12H,2-3,7,11H2,1H3,(H,18,19,20,21). The van der Waals surface area contributed by atoms with Gasteiger partial charge in [-0.1, -0.05) is 25.5 Å². The number of aromatic nitrogens is 4. The third kappa shape index (κ3) is 3.86. The molecule has 3 rings (SSSR count). The number of nitrogens with one attached hydrogen (secondary N) is 1. The second-order valence-corrected chi connectivity index (χ2v) is 6.28. The molecule has 0 aliphatic heterocycles. The van der Waals surface area contributed by atoms with E-state index < -0.39 is 0 Å². The average Bonchev–Trinajstić information content (AvgIpc) is 3.31. The van der Waals surface area contributed by atoms with Crippen LogP contribution in [-0.4, -0.2) is 26.5 Å². The lowest BCUT2D eigenvalue weighted by molar-refractivity contribution is -0.118. The van der Waals surface area contributed by atoms with Crippen molar-refractivity contribution in [3.05, 3.63) is 46.7 Å².